The van der Waals surface area contributed by atoms with Crippen molar-refractivity contribution in [3.05, 3.63) is 35.5 Å². The molecular weight excluding hydrogens is 258 g/mol. The van der Waals surface area contributed by atoms with E-state index in [0.29, 0.717) is 11.9 Å². The molecule has 0 amide bonds. The number of unbranched alkanes of at least 4 members (excludes halogenated alkanes) is 1. The van der Waals surface area contributed by atoms with Gasteiger partial charge in [-0.2, -0.15) is 0 Å². The van der Waals surface area contributed by atoms with Gasteiger partial charge in [-0.1, -0.05) is 57.0 Å². The molecule has 0 radical (unpaired) electrons. The van der Waals surface area contributed by atoms with Gasteiger partial charge < -0.3 is 10.3 Å². The Hall–Kier alpha value is -1.77. The lowest BCUT2D eigenvalue weighted by Crippen LogP contribution is -2.09. The van der Waals surface area contributed by atoms with E-state index in [9.17, 15) is 0 Å². The molecular formula is C18H27N3. The number of anilines is 1. The summed E-state index contributed by atoms with van der Waals surface area (Å²) in [5.41, 5.74) is 10.9. The van der Waals surface area contributed by atoms with E-state index < -0.39 is 0 Å². The third-order valence-corrected chi connectivity index (χ3v) is 3.76. The number of imidazole rings is 1. The van der Waals surface area contributed by atoms with Crippen LogP contribution in [0.2, 0.25) is 0 Å². The number of aromatic nitrogens is 2. The summed E-state index contributed by atoms with van der Waals surface area (Å²) in [6.07, 6.45) is 3.31. The molecule has 1 aromatic carbocycles. The Kier molecular flexibility index (Phi) is 5.05. The lowest BCUT2D eigenvalue weighted by molar-refractivity contribution is 0.570. The molecule has 0 atom stereocenters. The highest BCUT2D eigenvalue weighted by atomic mass is 15.2. The standard InChI is InChI=1S/C18H27N3/c1-5-6-11-21-16(12-13(2)3)17(20-18(21)19)15-9-7-14(4)8-10-15/h7-10,13H,5-6,11-12H2,1-4H3,(H2,19,20). The molecule has 3 nitrogen and oxygen atoms in total. The minimum Gasteiger partial charge on any atom is -0.369 e. The number of hydrogen-bond donors (Lipinski definition) is 1. The summed E-state index contributed by atoms with van der Waals surface area (Å²) in [4.78, 5) is 4.66. The maximum atomic E-state index is 6.18. The molecule has 2 N–H and O–H groups in total. The van der Waals surface area contributed by atoms with Crippen molar-refractivity contribution in [2.45, 2.75) is 53.5 Å². The lowest BCUT2D eigenvalue weighted by atomic mass is 10.0. The lowest BCUT2D eigenvalue weighted by Gasteiger charge is -2.13. The number of nitrogen functional groups attached to an aromatic ring is 1. The van der Waals surface area contributed by atoms with Crippen LogP contribution in [0.15, 0.2) is 24.3 Å². The Balaban J connectivity index is 2.46. The van der Waals surface area contributed by atoms with Gasteiger partial charge in [-0.05, 0) is 25.7 Å². The third kappa shape index (κ3) is 3.66. The van der Waals surface area contributed by atoms with Crippen LogP contribution in [0, 0.1) is 12.8 Å². The van der Waals surface area contributed by atoms with E-state index in [4.69, 9.17) is 5.73 Å². The van der Waals surface area contributed by atoms with Crippen molar-refractivity contribution in [1.29, 1.82) is 0 Å². The summed E-state index contributed by atoms with van der Waals surface area (Å²) in [6, 6.07) is 8.56. The Morgan fingerprint density at radius 2 is 1.86 bits per heavy atom. The van der Waals surface area contributed by atoms with E-state index in [1.165, 1.54) is 17.7 Å². The molecule has 21 heavy (non-hydrogen) atoms. The Bertz CT molecular complexity index is 579. The van der Waals surface area contributed by atoms with Gasteiger partial charge in [-0.3, -0.25) is 0 Å². The summed E-state index contributed by atoms with van der Waals surface area (Å²) in [5.74, 6) is 1.24. The van der Waals surface area contributed by atoms with E-state index in [-0.39, 0.29) is 0 Å². The van der Waals surface area contributed by atoms with Crippen LogP contribution in [-0.2, 0) is 13.0 Å². The quantitative estimate of drug-likeness (QED) is 0.852. The van der Waals surface area contributed by atoms with Crippen LogP contribution < -0.4 is 5.73 Å². The largest absolute Gasteiger partial charge is 0.369 e. The fraction of sp³-hybridized carbons (Fsp3) is 0.500. The van der Waals surface area contributed by atoms with Gasteiger partial charge in [-0.15, -0.1) is 0 Å². The fourth-order valence-electron chi connectivity index (χ4n) is 2.61. The Morgan fingerprint density at radius 3 is 2.43 bits per heavy atom. The van der Waals surface area contributed by atoms with Gasteiger partial charge in [0.05, 0.1) is 5.69 Å². The van der Waals surface area contributed by atoms with Crippen molar-refractivity contribution in [3.8, 4) is 11.3 Å². The van der Waals surface area contributed by atoms with Crippen LogP contribution in [0.3, 0.4) is 0 Å². The van der Waals surface area contributed by atoms with E-state index >= 15 is 0 Å². The molecule has 1 heterocycles. The zero-order valence-electron chi connectivity index (χ0n) is 13.7. The van der Waals surface area contributed by atoms with Crippen molar-refractivity contribution in [2.24, 2.45) is 5.92 Å². The molecule has 0 bridgehead atoms. The first-order chi connectivity index (χ1) is 10.0. The van der Waals surface area contributed by atoms with Gasteiger partial charge in [0.2, 0.25) is 5.95 Å². The zero-order chi connectivity index (χ0) is 15.4. The molecule has 0 aliphatic rings. The van der Waals surface area contributed by atoms with Gasteiger partial charge in [-0.25, -0.2) is 4.98 Å². The van der Waals surface area contributed by atoms with Crippen molar-refractivity contribution in [1.82, 2.24) is 9.55 Å². The molecule has 0 fully saturated rings. The average Bonchev–Trinajstić information content (AvgIpc) is 2.73. The molecule has 0 unspecified atom stereocenters. The van der Waals surface area contributed by atoms with Gasteiger partial charge in [0.1, 0.15) is 0 Å². The molecule has 0 saturated carbocycles. The van der Waals surface area contributed by atoms with Crippen molar-refractivity contribution in [3.63, 3.8) is 0 Å². The van der Waals surface area contributed by atoms with E-state index in [0.717, 1.165) is 30.6 Å². The highest BCUT2D eigenvalue weighted by molar-refractivity contribution is 5.64. The number of nitrogens with two attached hydrogens (primary N) is 1. The molecule has 0 spiro atoms. The minimum absolute atomic E-state index is 0.589. The number of hydrogen-bond acceptors (Lipinski definition) is 2. The van der Waals surface area contributed by atoms with Gasteiger partial charge in [0, 0.05) is 17.8 Å². The summed E-state index contributed by atoms with van der Waals surface area (Å²) in [5, 5.41) is 0. The molecule has 0 aliphatic carbocycles. The Morgan fingerprint density at radius 1 is 1.19 bits per heavy atom. The number of nitrogens with zero attached hydrogens (tertiary/aromatic N) is 2. The van der Waals surface area contributed by atoms with E-state index in [1.807, 2.05) is 0 Å². The maximum Gasteiger partial charge on any atom is 0.200 e. The normalized spacial score (nSPS) is 11.3. The van der Waals surface area contributed by atoms with Crippen molar-refractivity contribution >= 4 is 5.95 Å². The van der Waals surface area contributed by atoms with Crippen LogP contribution in [0.1, 0.15) is 44.9 Å². The van der Waals surface area contributed by atoms with Crippen LogP contribution in [0.25, 0.3) is 11.3 Å². The van der Waals surface area contributed by atoms with Gasteiger partial charge >= 0.3 is 0 Å². The van der Waals surface area contributed by atoms with Crippen LogP contribution in [0.4, 0.5) is 5.95 Å². The van der Waals surface area contributed by atoms with Crippen LogP contribution >= 0.6 is 0 Å². The molecule has 114 valence electrons. The predicted molar refractivity (Wildman–Crippen MR) is 90.3 cm³/mol. The summed E-state index contributed by atoms with van der Waals surface area (Å²) in [7, 11) is 0. The van der Waals surface area contributed by atoms with E-state index in [1.54, 1.807) is 0 Å². The predicted octanol–water partition coefficient (Wildman–Crippen LogP) is 4.44. The first kappa shape index (κ1) is 15.6. The molecule has 0 aliphatic heterocycles. The first-order valence-corrected chi connectivity index (χ1v) is 7.94. The third-order valence-electron chi connectivity index (χ3n) is 3.76. The monoisotopic (exact) mass is 285 g/mol. The highest BCUT2D eigenvalue weighted by Crippen LogP contribution is 2.28. The number of benzene rings is 1. The summed E-state index contributed by atoms with van der Waals surface area (Å²) < 4.78 is 2.21. The first-order valence-electron chi connectivity index (χ1n) is 7.94. The molecule has 2 rings (SSSR count). The second-order valence-corrected chi connectivity index (χ2v) is 6.23. The summed E-state index contributed by atoms with van der Waals surface area (Å²) >= 11 is 0. The minimum atomic E-state index is 0.589. The summed E-state index contributed by atoms with van der Waals surface area (Å²) in [6.45, 7) is 9.75. The molecule has 1 aromatic heterocycles. The molecule has 3 heteroatoms. The maximum absolute atomic E-state index is 6.18. The fourth-order valence-corrected chi connectivity index (χ4v) is 2.61. The topological polar surface area (TPSA) is 43.8 Å². The average molecular weight is 285 g/mol. The van der Waals surface area contributed by atoms with Crippen molar-refractivity contribution < 1.29 is 0 Å². The zero-order valence-corrected chi connectivity index (χ0v) is 13.7. The van der Waals surface area contributed by atoms with Crippen molar-refractivity contribution in [2.75, 3.05) is 5.73 Å². The second-order valence-electron chi connectivity index (χ2n) is 6.23. The van der Waals surface area contributed by atoms with Crippen LogP contribution in [-0.4, -0.2) is 9.55 Å². The highest BCUT2D eigenvalue weighted by Gasteiger charge is 2.17. The molecule has 0 saturated heterocycles. The van der Waals surface area contributed by atoms with Crippen LogP contribution in [0.5, 0.6) is 0 Å². The SMILES string of the molecule is CCCCn1c(N)nc(-c2ccc(C)cc2)c1CC(C)C. The van der Waals surface area contributed by atoms with Gasteiger partial charge in [0.25, 0.3) is 0 Å². The van der Waals surface area contributed by atoms with E-state index in [2.05, 4.69) is 61.5 Å². The smallest absolute Gasteiger partial charge is 0.200 e. The van der Waals surface area contributed by atoms with Gasteiger partial charge in [0.15, 0.2) is 0 Å². The number of rotatable bonds is 6. The number of aryl methyl sites for hydroxylation is 1. The Labute approximate surface area is 128 Å². The second kappa shape index (κ2) is 6.79. The molecule has 2 aromatic rings.